The van der Waals surface area contributed by atoms with Gasteiger partial charge < -0.3 is 0 Å². The maximum absolute atomic E-state index is 10.9. The molecule has 28 heavy (non-hydrogen) atoms. The quantitative estimate of drug-likeness (QED) is 0.328. The molecular weight excluding hydrogens is 402 g/mol. The fourth-order valence-electron chi connectivity index (χ4n) is 3.05. The highest BCUT2D eigenvalue weighted by Crippen LogP contribution is 2.35. The summed E-state index contributed by atoms with van der Waals surface area (Å²) in [5, 5.41) is 24.9. The number of nitro groups is 1. The zero-order valence-electron chi connectivity index (χ0n) is 14.3. The van der Waals surface area contributed by atoms with E-state index in [1.807, 2.05) is 35.7 Å². The lowest BCUT2D eigenvalue weighted by molar-refractivity contribution is -0.384. The molecule has 0 N–H and O–H groups in total. The molecule has 0 spiro atoms. The van der Waals surface area contributed by atoms with Gasteiger partial charge >= 0.3 is 0 Å². The first-order chi connectivity index (χ1) is 13.5. The summed E-state index contributed by atoms with van der Waals surface area (Å²) in [4.78, 5) is 15.6. The monoisotopic (exact) mass is 411 g/mol. The van der Waals surface area contributed by atoms with Crippen LogP contribution in [0.2, 0.25) is 5.02 Å². The molecule has 0 saturated carbocycles. The molecule has 5 rings (SSSR count). The van der Waals surface area contributed by atoms with E-state index in [2.05, 4.69) is 20.3 Å². The molecule has 4 heterocycles. The number of pyridine rings is 1. The number of fused-ring (bicyclic) bond motifs is 2. The van der Waals surface area contributed by atoms with Gasteiger partial charge in [0.15, 0.2) is 0 Å². The Balaban J connectivity index is 1.68. The second kappa shape index (κ2) is 6.08. The Kier molecular flexibility index (Phi) is 3.64. The molecule has 0 radical (unpaired) electrons. The second-order valence-corrected chi connectivity index (χ2v) is 7.38. The number of non-ortho nitro benzene ring substituents is 1. The lowest BCUT2D eigenvalue weighted by Crippen LogP contribution is -1.96. The number of aryl methyl sites for hydroxylation is 1. The fourth-order valence-corrected chi connectivity index (χ4v) is 4.25. The molecule has 0 fully saturated rings. The van der Waals surface area contributed by atoms with Crippen LogP contribution in [0.4, 0.5) is 5.69 Å². The van der Waals surface area contributed by atoms with Crippen molar-refractivity contribution in [3.05, 3.63) is 63.4 Å². The summed E-state index contributed by atoms with van der Waals surface area (Å²) in [5.41, 5.74) is 2.95. The largest absolute Gasteiger partial charge is 0.297 e. The molecule has 0 saturated heterocycles. The third kappa shape index (κ3) is 2.46. The molecule has 0 atom stereocenters. The summed E-state index contributed by atoms with van der Waals surface area (Å²) in [5.74, 6) is 0.562. The minimum atomic E-state index is -0.486. The number of rotatable bonds is 3. The van der Waals surface area contributed by atoms with Crippen LogP contribution >= 0.6 is 22.9 Å². The highest BCUT2D eigenvalue weighted by molar-refractivity contribution is 7.19. The number of imidazole rings is 1. The van der Waals surface area contributed by atoms with Gasteiger partial charge in [0.25, 0.3) is 5.69 Å². The summed E-state index contributed by atoms with van der Waals surface area (Å²) >= 11 is 7.55. The molecule has 5 aromatic rings. The summed E-state index contributed by atoms with van der Waals surface area (Å²) in [6, 6.07) is 10.1. The van der Waals surface area contributed by atoms with Crippen LogP contribution in [-0.4, -0.2) is 34.1 Å². The Morgan fingerprint density at radius 1 is 1.21 bits per heavy atom. The minimum absolute atomic E-state index is 0.0706. The maximum atomic E-state index is 10.9. The standard InChI is InChI=1S/C17H10ClN7O2S/c1-9-14(23-7-3-2-4-13(23)19-9)15-20-21-17-24(15)22-16(28-17)11-6-5-10(25(26)27)8-12(11)18/h2-8H,1H3. The predicted octanol–water partition coefficient (Wildman–Crippen LogP) is 4.04. The topological polar surface area (TPSA) is 104 Å². The van der Waals surface area contributed by atoms with Crippen LogP contribution in [0, 0.1) is 17.0 Å². The molecule has 138 valence electrons. The highest BCUT2D eigenvalue weighted by atomic mass is 35.5. The number of hydrogen-bond acceptors (Lipinski definition) is 7. The number of nitro benzene ring substituents is 1. The van der Waals surface area contributed by atoms with E-state index in [9.17, 15) is 10.1 Å². The van der Waals surface area contributed by atoms with Gasteiger partial charge in [0, 0.05) is 23.9 Å². The van der Waals surface area contributed by atoms with Crippen LogP contribution in [0.5, 0.6) is 0 Å². The van der Waals surface area contributed by atoms with Crippen LogP contribution < -0.4 is 0 Å². The van der Waals surface area contributed by atoms with Gasteiger partial charge in [-0.15, -0.1) is 10.2 Å². The van der Waals surface area contributed by atoms with Gasteiger partial charge in [-0.25, -0.2) is 4.98 Å². The smallest absolute Gasteiger partial charge is 0.270 e. The fraction of sp³-hybridized carbons (Fsp3) is 0.0588. The van der Waals surface area contributed by atoms with E-state index in [4.69, 9.17) is 11.6 Å². The van der Waals surface area contributed by atoms with Gasteiger partial charge in [0.1, 0.15) is 16.3 Å². The van der Waals surface area contributed by atoms with E-state index in [-0.39, 0.29) is 10.7 Å². The van der Waals surface area contributed by atoms with Crippen LogP contribution in [0.3, 0.4) is 0 Å². The van der Waals surface area contributed by atoms with Gasteiger partial charge in [0.2, 0.25) is 10.8 Å². The molecule has 11 heteroatoms. The normalized spacial score (nSPS) is 11.5. The van der Waals surface area contributed by atoms with Crippen LogP contribution in [-0.2, 0) is 0 Å². The van der Waals surface area contributed by atoms with Crippen molar-refractivity contribution in [2.24, 2.45) is 0 Å². The first-order valence-electron chi connectivity index (χ1n) is 8.13. The van der Waals surface area contributed by atoms with Crippen molar-refractivity contribution in [1.29, 1.82) is 0 Å². The SMILES string of the molecule is Cc1nc2ccccn2c1-c1nnc2sc(-c3ccc([N+](=O)[O-])cc3Cl)nn12. The summed E-state index contributed by atoms with van der Waals surface area (Å²) < 4.78 is 3.57. The van der Waals surface area contributed by atoms with Crippen molar-refractivity contribution < 1.29 is 4.92 Å². The molecular formula is C17H10ClN7O2S. The average Bonchev–Trinajstić information content (AvgIpc) is 3.33. The van der Waals surface area contributed by atoms with Crippen LogP contribution in [0.25, 0.3) is 32.7 Å². The number of aromatic nitrogens is 6. The third-order valence-corrected chi connectivity index (χ3v) is 5.55. The van der Waals surface area contributed by atoms with Crippen LogP contribution in [0.1, 0.15) is 5.69 Å². The minimum Gasteiger partial charge on any atom is -0.297 e. The molecule has 0 bridgehead atoms. The van der Waals surface area contributed by atoms with Crippen molar-refractivity contribution in [3.8, 4) is 22.1 Å². The van der Waals surface area contributed by atoms with Crippen molar-refractivity contribution in [2.45, 2.75) is 6.92 Å². The Morgan fingerprint density at radius 3 is 2.86 bits per heavy atom. The highest BCUT2D eigenvalue weighted by Gasteiger charge is 2.21. The molecule has 9 nitrogen and oxygen atoms in total. The second-order valence-electron chi connectivity index (χ2n) is 6.02. The first-order valence-corrected chi connectivity index (χ1v) is 9.33. The summed E-state index contributed by atoms with van der Waals surface area (Å²) in [6.45, 7) is 1.91. The van der Waals surface area contributed by atoms with Crippen molar-refractivity contribution in [1.82, 2.24) is 29.2 Å². The van der Waals surface area contributed by atoms with Crippen LogP contribution in [0.15, 0.2) is 42.6 Å². The number of hydrogen-bond donors (Lipinski definition) is 0. The Bertz CT molecular complexity index is 1390. The van der Waals surface area contributed by atoms with Gasteiger partial charge in [0.05, 0.1) is 15.6 Å². The van der Waals surface area contributed by atoms with E-state index < -0.39 is 4.92 Å². The number of halogens is 1. The number of benzene rings is 1. The molecule has 1 aromatic carbocycles. The Labute approximate surface area is 166 Å². The van der Waals surface area contributed by atoms with Crippen molar-refractivity contribution >= 4 is 39.2 Å². The summed E-state index contributed by atoms with van der Waals surface area (Å²) in [7, 11) is 0. The van der Waals surface area contributed by atoms with E-state index >= 15 is 0 Å². The molecule has 0 amide bonds. The molecule has 4 aromatic heterocycles. The Morgan fingerprint density at radius 2 is 2.07 bits per heavy atom. The zero-order valence-corrected chi connectivity index (χ0v) is 15.8. The van der Waals surface area contributed by atoms with Crippen molar-refractivity contribution in [2.75, 3.05) is 0 Å². The van der Waals surface area contributed by atoms with Gasteiger partial charge in [-0.1, -0.05) is 29.0 Å². The van der Waals surface area contributed by atoms with E-state index in [0.29, 0.717) is 21.4 Å². The molecule has 0 aliphatic heterocycles. The lowest BCUT2D eigenvalue weighted by atomic mass is 10.2. The Hall–Kier alpha value is -3.37. The first kappa shape index (κ1) is 16.8. The summed E-state index contributed by atoms with van der Waals surface area (Å²) in [6.07, 6.45) is 1.91. The van der Waals surface area contributed by atoms with Crippen molar-refractivity contribution in [3.63, 3.8) is 0 Å². The predicted molar refractivity (Wildman–Crippen MR) is 105 cm³/mol. The van der Waals surface area contributed by atoms with E-state index in [1.54, 1.807) is 10.6 Å². The lowest BCUT2D eigenvalue weighted by Gasteiger charge is -2.00. The van der Waals surface area contributed by atoms with Gasteiger partial charge in [-0.2, -0.15) is 9.61 Å². The zero-order chi connectivity index (χ0) is 19.4. The molecule has 0 aliphatic carbocycles. The average molecular weight is 412 g/mol. The van der Waals surface area contributed by atoms with E-state index in [1.165, 1.54) is 23.5 Å². The van der Waals surface area contributed by atoms with Gasteiger partial charge in [-0.3, -0.25) is 14.5 Å². The molecule has 0 aliphatic rings. The number of nitrogens with zero attached hydrogens (tertiary/aromatic N) is 7. The van der Waals surface area contributed by atoms with E-state index in [0.717, 1.165) is 17.0 Å². The maximum Gasteiger partial charge on any atom is 0.270 e. The van der Waals surface area contributed by atoms with Gasteiger partial charge in [-0.05, 0) is 25.1 Å². The molecule has 0 unspecified atom stereocenters. The third-order valence-electron chi connectivity index (χ3n) is 4.30.